The summed E-state index contributed by atoms with van der Waals surface area (Å²) in [6, 6.07) is 18.5. The van der Waals surface area contributed by atoms with Crippen molar-refractivity contribution in [2.24, 2.45) is 0 Å². The van der Waals surface area contributed by atoms with E-state index in [1.807, 2.05) is 37.3 Å². The second kappa shape index (κ2) is 9.70. The highest BCUT2D eigenvalue weighted by atomic mass is 16.5. The first-order chi connectivity index (χ1) is 16.5. The van der Waals surface area contributed by atoms with Crippen molar-refractivity contribution in [3.8, 4) is 11.1 Å². The van der Waals surface area contributed by atoms with Crippen LogP contribution in [0, 0.1) is 0 Å². The molecule has 0 radical (unpaired) electrons. The highest BCUT2D eigenvalue weighted by Crippen LogP contribution is 2.35. The maximum absolute atomic E-state index is 13.4. The normalized spacial score (nSPS) is 12.5. The van der Waals surface area contributed by atoms with Crippen molar-refractivity contribution >= 4 is 29.4 Å². The molecule has 0 saturated carbocycles. The summed E-state index contributed by atoms with van der Waals surface area (Å²) in [5.41, 5.74) is 2.19. The van der Waals surface area contributed by atoms with E-state index in [9.17, 15) is 19.2 Å². The Morgan fingerprint density at radius 3 is 2.26 bits per heavy atom. The molecule has 7 nitrogen and oxygen atoms in total. The van der Waals surface area contributed by atoms with Gasteiger partial charge in [0.2, 0.25) is 0 Å². The predicted octanol–water partition coefficient (Wildman–Crippen LogP) is 4.90. The van der Waals surface area contributed by atoms with Crippen LogP contribution in [0.1, 0.15) is 61.2 Å². The van der Waals surface area contributed by atoms with Crippen molar-refractivity contribution in [1.82, 2.24) is 0 Å². The monoisotopic (exact) mass is 457 g/mol. The van der Waals surface area contributed by atoms with E-state index in [0.29, 0.717) is 0 Å². The van der Waals surface area contributed by atoms with Crippen LogP contribution in [0.5, 0.6) is 0 Å². The minimum Gasteiger partial charge on any atom is -0.465 e. The molecule has 2 amide bonds. The zero-order valence-corrected chi connectivity index (χ0v) is 18.9. The Morgan fingerprint density at radius 2 is 1.56 bits per heavy atom. The van der Waals surface area contributed by atoms with Gasteiger partial charge >= 0.3 is 11.9 Å². The van der Waals surface area contributed by atoms with Gasteiger partial charge in [-0.25, -0.2) is 14.5 Å². The molecule has 1 heterocycles. The van der Waals surface area contributed by atoms with Gasteiger partial charge in [0.25, 0.3) is 11.8 Å². The van der Waals surface area contributed by atoms with Crippen molar-refractivity contribution < 1.29 is 28.7 Å². The molecule has 172 valence electrons. The Morgan fingerprint density at radius 1 is 0.824 bits per heavy atom. The second-order valence-electron chi connectivity index (χ2n) is 7.79. The van der Waals surface area contributed by atoms with Crippen molar-refractivity contribution in [3.63, 3.8) is 0 Å². The number of rotatable bonds is 7. The number of methoxy groups -OCH3 is 1. The van der Waals surface area contributed by atoms with Gasteiger partial charge in [-0.2, -0.15) is 0 Å². The lowest BCUT2D eigenvalue weighted by Crippen LogP contribution is -2.31. The molecule has 4 rings (SSSR count). The summed E-state index contributed by atoms with van der Waals surface area (Å²) >= 11 is 0. The zero-order valence-electron chi connectivity index (χ0n) is 18.9. The first-order valence-electron chi connectivity index (χ1n) is 10.9. The van der Waals surface area contributed by atoms with Gasteiger partial charge in [0.1, 0.15) is 0 Å². The van der Waals surface area contributed by atoms with Crippen LogP contribution in [-0.2, 0) is 9.47 Å². The molecule has 3 aromatic rings. The molecule has 34 heavy (non-hydrogen) atoms. The summed E-state index contributed by atoms with van der Waals surface area (Å²) in [5, 5.41) is 0. The molecule has 0 N–H and O–H groups in total. The predicted molar refractivity (Wildman–Crippen MR) is 126 cm³/mol. The van der Waals surface area contributed by atoms with Gasteiger partial charge < -0.3 is 9.47 Å². The smallest absolute Gasteiger partial charge is 0.339 e. The first kappa shape index (κ1) is 22.9. The van der Waals surface area contributed by atoms with Crippen molar-refractivity contribution in [2.45, 2.75) is 19.8 Å². The fraction of sp³-hybridized carbons (Fsp3) is 0.185. The van der Waals surface area contributed by atoms with E-state index >= 15 is 0 Å². The Kier molecular flexibility index (Phi) is 6.54. The number of ether oxygens (including phenoxy) is 2. The quantitative estimate of drug-likeness (QED) is 0.285. The average molecular weight is 457 g/mol. The van der Waals surface area contributed by atoms with Gasteiger partial charge in [-0.05, 0) is 47.9 Å². The topological polar surface area (TPSA) is 90.0 Å². The van der Waals surface area contributed by atoms with E-state index in [1.165, 1.54) is 31.4 Å². The number of esters is 2. The number of imide groups is 1. The number of carbonyl (C=O) groups excluding carboxylic acids is 4. The number of benzene rings is 3. The van der Waals surface area contributed by atoms with E-state index < -0.39 is 23.8 Å². The zero-order chi connectivity index (χ0) is 24.2. The van der Waals surface area contributed by atoms with Crippen molar-refractivity contribution in [3.05, 3.63) is 89.0 Å². The largest absolute Gasteiger partial charge is 0.465 e. The van der Waals surface area contributed by atoms with Crippen LogP contribution in [0.3, 0.4) is 0 Å². The molecule has 0 atom stereocenters. The van der Waals surface area contributed by atoms with E-state index in [2.05, 4.69) is 0 Å². The molecule has 7 heteroatoms. The van der Waals surface area contributed by atoms with Crippen LogP contribution in [0.15, 0.2) is 66.7 Å². The number of hydrogen-bond donors (Lipinski definition) is 0. The number of nitrogens with zero attached hydrogens (tertiary/aromatic N) is 1. The fourth-order valence-corrected chi connectivity index (χ4v) is 3.79. The number of unbranched alkanes of at least 4 members (excludes halogenated alkanes) is 1. The molecular weight excluding hydrogens is 434 g/mol. The SMILES string of the molecule is CCCCOC(=O)c1ccc2c(c1)C(=O)N(c1cc(-c3ccccc3)ccc1C(=O)OC)C2=O. The third kappa shape index (κ3) is 4.20. The molecule has 0 saturated heterocycles. The Hall–Kier alpha value is -4.26. The number of fused-ring (bicyclic) bond motifs is 1. The lowest BCUT2D eigenvalue weighted by molar-refractivity contribution is 0.0498. The summed E-state index contributed by atoms with van der Waals surface area (Å²) in [5.74, 6) is -2.44. The maximum Gasteiger partial charge on any atom is 0.339 e. The average Bonchev–Trinajstić information content (AvgIpc) is 3.12. The highest BCUT2D eigenvalue weighted by Gasteiger charge is 2.39. The highest BCUT2D eigenvalue weighted by molar-refractivity contribution is 6.35. The van der Waals surface area contributed by atoms with E-state index in [1.54, 1.807) is 12.1 Å². The third-order valence-electron chi connectivity index (χ3n) is 5.60. The van der Waals surface area contributed by atoms with Crippen LogP contribution in [0.2, 0.25) is 0 Å². The lowest BCUT2D eigenvalue weighted by atomic mass is 10.0. The molecule has 0 aliphatic carbocycles. The first-order valence-corrected chi connectivity index (χ1v) is 10.9. The second-order valence-corrected chi connectivity index (χ2v) is 7.79. The Balaban J connectivity index is 1.75. The molecule has 0 spiro atoms. The Bertz CT molecular complexity index is 1280. The van der Waals surface area contributed by atoms with E-state index in [0.717, 1.165) is 28.9 Å². The number of carbonyl (C=O) groups is 4. The number of anilines is 1. The molecule has 0 unspecified atom stereocenters. The Labute approximate surface area is 196 Å². The van der Waals surface area contributed by atoms with Crippen LogP contribution in [0.4, 0.5) is 5.69 Å². The fourth-order valence-electron chi connectivity index (χ4n) is 3.79. The molecule has 3 aromatic carbocycles. The molecule has 0 fully saturated rings. The molecule has 0 aromatic heterocycles. The molecule has 1 aliphatic rings. The lowest BCUT2D eigenvalue weighted by Gasteiger charge is -2.18. The summed E-state index contributed by atoms with van der Waals surface area (Å²) in [6.45, 7) is 2.26. The minimum atomic E-state index is -0.675. The van der Waals surface area contributed by atoms with Crippen LogP contribution in [-0.4, -0.2) is 37.5 Å². The van der Waals surface area contributed by atoms with Gasteiger partial charge in [-0.1, -0.05) is 49.7 Å². The summed E-state index contributed by atoms with van der Waals surface area (Å²) in [7, 11) is 1.23. The van der Waals surface area contributed by atoms with Crippen LogP contribution >= 0.6 is 0 Å². The van der Waals surface area contributed by atoms with Gasteiger partial charge in [0.05, 0.1) is 41.7 Å². The number of hydrogen-bond acceptors (Lipinski definition) is 6. The van der Waals surface area contributed by atoms with Gasteiger partial charge in [-0.15, -0.1) is 0 Å². The van der Waals surface area contributed by atoms with Crippen LogP contribution in [0.25, 0.3) is 11.1 Å². The van der Waals surface area contributed by atoms with Crippen molar-refractivity contribution in [1.29, 1.82) is 0 Å². The van der Waals surface area contributed by atoms with Gasteiger partial charge in [0, 0.05) is 0 Å². The number of amides is 2. The van der Waals surface area contributed by atoms with Crippen molar-refractivity contribution in [2.75, 3.05) is 18.6 Å². The van der Waals surface area contributed by atoms with Gasteiger partial charge in [-0.3, -0.25) is 9.59 Å². The molecular formula is C27H23NO6. The van der Waals surface area contributed by atoms with E-state index in [4.69, 9.17) is 9.47 Å². The maximum atomic E-state index is 13.4. The summed E-state index contributed by atoms with van der Waals surface area (Å²) in [6.07, 6.45) is 1.61. The van der Waals surface area contributed by atoms with Crippen LogP contribution < -0.4 is 4.90 Å². The minimum absolute atomic E-state index is 0.0795. The molecule has 0 bridgehead atoms. The summed E-state index contributed by atoms with van der Waals surface area (Å²) < 4.78 is 10.1. The van der Waals surface area contributed by atoms with Gasteiger partial charge in [0.15, 0.2) is 0 Å². The summed E-state index contributed by atoms with van der Waals surface area (Å²) in [4.78, 5) is 52.4. The van der Waals surface area contributed by atoms with E-state index in [-0.39, 0.29) is 34.5 Å². The third-order valence-corrected chi connectivity index (χ3v) is 5.60. The standard InChI is InChI=1S/C27H23NO6/c1-3-4-14-34-26(31)19-11-12-20-22(15-19)25(30)28(24(20)29)23-16-18(17-8-6-5-7-9-17)10-13-21(23)27(32)33-2/h5-13,15-16H,3-4,14H2,1-2H3. The molecule has 1 aliphatic heterocycles.